The molecule has 126 valence electrons. The molecule has 3 nitrogen and oxygen atoms in total. The summed E-state index contributed by atoms with van der Waals surface area (Å²) in [6, 6.07) is 0. The van der Waals surface area contributed by atoms with E-state index in [9.17, 15) is 4.79 Å². The highest BCUT2D eigenvalue weighted by molar-refractivity contribution is 5.64. The number of primary amides is 1. The second kappa shape index (κ2) is 15.7. The lowest BCUT2D eigenvalue weighted by molar-refractivity contribution is 0.154. The van der Waals surface area contributed by atoms with Gasteiger partial charge in [0.05, 0.1) is 6.61 Å². The first-order valence-electron chi connectivity index (χ1n) is 9.05. The number of hydrogen-bond donors (Lipinski definition) is 1. The van der Waals surface area contributed by atoms with Gasteiger partial charge in [-0.05, 0) is 12.3 Å². The molecule has 0 saturated carbocycles. The van der Waals surface area contributed by atoms with Gasteiger partial charge in [0, 0.05) is 0 Å². The van der Waals surface area contributed by atoms with Crippen LogP contribution in [0.5, 0.6) is 0 Å². The minimum atomic E-state index is -0.654. The number of carbonyl (C=O) groups excluding carboxylic acids is 1. The molecule has 1 amide bonds. The highest BCUT2D eigenvalue weighted by Crippen LogP contribution is 2.14. The third kappa shape index (κ3) is 19.3. The van der Waals surface area contributed by atoms with Crippen LogP contribution in [-0.4, -0.2) is 12.7 Å². The van der Waals surface area contributed by atoms with Gasteiger partial charge in [0.15, 0.2) is 0 Å². The van der Waals surface area contributed by atoms with E-state index in [2.05, 4.69) is 13.8 Å². The molecule has 0 aromatic rings. The number of carbonyl (C=O) groups is 1. The standard InChI is InChI=1S/C18H37NO2/c1-17(2)15-13-11-9-7-5-3-4-6-8-10-12-14-16-21-18(19)20/h17H,3-16H2,1-2H3,(H2,19,20). The number of amides is 1. The van der Waals surface area contributed by atoms with Crippen molar-refractivity contribution < 1.29 is 9.53 Å². The second-order valence-corrected chi connectivity index (χ2v) is 6.59. The van der Waals surface area contributed by atoms with Gasteiger partial charge >= 0.3 is 6.09 Å². The van der Waals surface area contributed by atoms with Gasteiger partial charge in [0.2, 0.25) is 0 Å². The predicted octanol–water partition coefficient (Wildman–Crippen LogP) is 5.81. The Balaban J connectivity index is 2.98. The van der Waals surface area contributed by atoms with E-state index in [1.807, 2.05) is 0 Å². The average Bonchev–Trinajstić information content (AvgIpc) is 2.42. The summed E-state index contributed by atoms with van der Waals surface area (Å²) in [5.41, 5.74) is 4.89. The van der Waals surface area contributed by atoms with Crippen molar-refractivity contribution in [3.8, 4) is 0 Å². The molecule has 0 heterocycles. The summed E-state index contributed by atoms with van der Waals surface area (Å²) in [5.74, 6) is 0.868. The van der Waals surface area contributed by atoms with Crippen LogP contribution in [0.25, 0.3) is 0 Å². The summed E-state index contributed by atoms with van der Waals surface area (Å²) < 4.78 is 4.69. The predicted molar refractivity (Wildman–Crippen MR) is 90.4 cm³/mol. The van der Waals surface area contributed by atoms with Gasteiger partial charge in [-0.2, -0.15) is 0 Å². The largest absolute Gasteiger partial charge is 0.450 e. The summed E-state index contributed by atoms with van der Waals surface area (Å²) >= 11 is 0. The molecule has 0 fully saturated rings. The van der Waals surface area contributed by atoms with Gasteiger partial charge in [-0.3, -0.25) is 0 Å². The molecule has 2 N–H and O–H groups in total. The molecule has 0 aromatic heterocycles. The zero-order valence-electron chi connectivity index (χ0n) is 14.4. The molecule has 0 aliphatic carbocycles. The van der Waals surface area contributed by atoms with Crippen LogP contribution in [0.2, 0.25) is 0 Å². The number of nitrogens with two attached hydrogens (primary N) is 1. The van der Waals surface area contributed by atoms with E-state index < -0.39 is 6.09 Å². The fourth-order valence-electron chi connectivity index (χ4n) is 2.60. The minimum Gasteiger partial charge on any atom is -0.450 e. The Bertz CT molecular complexity index is 229. The van der Waals surface area contributed by atoms with Crippen molar-refractivity contribution in [2.24, 2.45) is 11.7 Å². The first-order valence-corrected chi connectivity index (χ1v) is 9.05. The van der Waals surface area contributed by atoms with Crippen molar-refractivity contribution in [2.75, 3.05) is 6.61 Å². The lowest BCUT2D eigenvalue weighted by Crippen LogP contribution is -2.13. The lowest BCUT2D eigenvalue weighted by atomic mass is 10.0. The molecular formula is C18H37NO2. The summed E-state index contributed by atoms with van der Waals surface area (Å²) in [6.07, 6.45) is 16.6. The molecule has 0 unspecified atom stereocenters. The third-order valence-electron chi connectivity index (χ3n) is 3.92. The van der Waals surface area contributed by atoms with Crippen LogP contribution >= 0.6 is 0 Å². The maximum Gasteiger partial charge on any atom is 0.404 e. The smallest absolute Gasteiger partial charge is 0.404 e. The van der Waals surface area contributed by atoms with Gasteiger partial charge < -0.3 is 10.5 Å². The molecule has 0 radical (unpaired) electrons. The van der Waals surface area contributed by atoms with Crippen molar-refractivity contribution in [2.45, 2.75) is 97.3 Å². The Kier molecular flexibility index (Phi) is 15.1. The summed E-state index contributed by atoms with van der Waals surface area (Å²) in [4.78, 5) is 10.3. The zero-order valence-corrected chi connectivity index (χ0v) is 14.4. The molecule has 21 heavy (non-hydrogen) atoms. The number of unbranched alkanes of at least 4 members (excludes halogenated alkanes) is 11. The Labute approximate surface area is 132 Å². The minimum absolute atomic E-state index is 0.478. The van der Waals surface area contributed by atoms with Crippen LogP contribution in [0.3, 0.4) is 0 Å². The van der Waals surface area contributed by atoms with Gasteiger partial charge in [0.1, 0.15) is 0 Å². The van der Waals surface area contributed by atoms with Crippen LogP contribution in [0.4, 0.5) is 4.79 Å². The van der Waals surface area contributed by atoms with E-state index in [1.54, 1.807) is 0 Å². The molecule has 0 bridgehead atoms. The first kappa shape index (κ1) is 20.3. The van der Waals surface area contributed by atoms with Crippen molar-refractivity contribution in [3.63, 3.8) is 0 Å². The topological polar surface area (TPSA) is 52.3 Å². The van der Waals surface area contributed by atoms with Crippen LogP contribution in [0, 0.1) is 5.92 Å². The number of hydrogen-bond acceptors (Lipinski definition) is 2. The molecular weight excluding hydrogens is 262 g/mol. The van der Waals surface area contributed by atoms with E-state index in [0.717, 1.165) is 18.8 Å². The summed E-state index contributed by atoms with van der Waals surface area (Å²) in [7, 11) is 0. The van der Waals surface area contributed by atoms with E-state index in [1.165, 1.54) is 70.6 Å². The first-order chi connectivity index (χ1) is 10.1. The Morgan fingerprint density at radius 2 is 1.14 bits per heavy atom. The van der Waals surface area contributed by atoms with Gasteiger partial charge in [-0.1, -0.05) is 90.9 Å². The SMILES string of the molecule is CC(C)CCCCCCCCCCCCCCOC(N)=O. The summed E-state index contributed by atoms with van der Waals surface area (Å²) in [5, 5.41) is 0. The molecule has 0 aliphatic rings. The van der Waals surface area contributed by atoms with Gasteiger partial charge in [-0.15, -0.1) is 0 Å². The van der Waals surface area contributed by atoms with E-state index in [4.69, 9.17) is 10.5 Å². The molecule has 0 rings (SSSR count). The van der Waals surface area contributed by atoms with E-state index in [-0.39, 0.29) is 0 Å². The molecule has 3 heteroatoms. The fraction of sp³-hybridized carbons (Fsp3) is 0.944. The molecule has 0 spiro atoms. The Hall–Kier alpha value is -0.730. The maximum absolute atomic E-state index is 10.3. The average molecular weight is 299 g/mol. The zero-order chi connectivity index (χ0) is 15.8. The quantitative estimate of drug-likeness (QED) is 0.388. The van der Waals surface area contributed by atoms with Crippen molar-refractivity contribution in [1.29, 1.82) is 0 Å². The monoisotopic (exact) mass is 299 g/mol. The highest BCUT2D eigenvalue weighted by Gasteiger charge is 1.96. The maximum atomic E-state index is 10.3. The second-order valence-electron chi connectivity index (χ2n) is 6.59. The molecule has 0 aliphatic heterocycles. The molecule has 0 saturated heterocycles. The van der Waals surface area contributed by atoms with E-state index in [0.29, 0.717) is 6.61 Å². The molecule has 0 atom stereocenters. The van der Waals surface area contributed by atoms with Gasteiger partial charge in [-0.25, -0.2) is 4.79 Å². The van der Waals surface area contributed by atoms with Crippen LogP contribution < -0.4 is 5.73 Å². The molecule has 0 aromatic carbocycles. The highest BCUT2D eigenvalue weighted by atomic mass is 16.5. The normalized spacial score (nSPS) is 11.0. The van der Waals surface area contributed by atoms with Crippen LogP contribution in [0.15, 0.2) is 0 Å². The Morgan fingerprint density at radius 1 is 0.762 bits per heavy atom. The van der Waals surface area contributed by atoms with E-state index >= 15 is 0 Å². The van der Waals surface area contributed by atoms with Crippen LogP contribution in [-0.2, 0) is 4.74 Å². The Morgan fingerprint density at radius 3 is 1.52 bits per heavy atom. The number of ether oxygens (including phenoxy) is 1. The lowest BCUT2D eigenvalue weighted by Gasteiger charge is -2.05. The van der Waals surface area contributed by atoms with Crippen molar-refractivity contribution in [1.82, 2.24) is 0 Å². The van der Waals surface area contributed by atoms with Crippen molar-refractivity contribution >= 4 is 6.09 Å². The number of rotatable bonds is 15. The van der Waals surface area contributed by atoms with Crippen LogP contribution in [0.1, 0.15) is 97.3 Å². The fourth-order valence-corrected chi connectivity index (χ4v) is 2.60. The van der Waals surface area contributed by atoms with Gasteiger partial charge in [0.25, 0.3) is 0 Å². The van der Waals surface area contributed by atoms with Crippen molar-refractivity contribution in [3.05, 3.63) is 0 Å². The third-order valence-corrected chi connectivity index (χ3v) is 3.92. The summed E-state index contributed by atoms with van der Waals surface area (Å²) in [6.45, 7) is 5.10.